The molecular formula is C19H17ClF5N5O3S2. The lowest BCUT2D eigenvalue weighted by Gasteiger charge is -2.36. The van der Waals surface area contributed by atoms with Crippen LogP contribution in [0.3, 0.4) is 0 Å². The van der Waals surface area contributed by atoms with Crippen LogP contribution in [0.1, 0.15) is 29.6 Å². The highest BCUT2D eigenvalue weighted by atomic mass is 35.5. The number of hydrogen-bond acceptors (Lipinski definition) is 8. The average molecular weight is 558 g/mol. The Kier molecular flexibility index (Phi) is 8.14. The molecular weight excluding hydrogens is 541 g/mol. The maximum Gasteiger partial charge on any atom is 0.490 e. The quantitative estimate of drug-likeness (QED) is 0.324. The Labute approximate surface area is 207 Å². The van der Waals surface area contributed by atoms with Crippen LogP contribution in [-0.2, 0) is 4.79 Å². The molecule has 3 heterocycles. The van der Waals surface area contributed by atoms with Gasteiger partial charge in [0.15, 0.2) is 0 Å². The molecule has 0 radical (unpaired) electrons. The van der Waals surface area contributed by atoms with E-state index in [0.29, 0.717) is 44.6 Å². The summed E-state index contributed by atoms with van der Waals surface area (Å²) in [6.07, 6.45) is -2.93. The maximum atomic E-state index is 13.9. The zero-order valence-corrected chi connectivity index (χ0v) is 19.8. The molecule has 1 saturated carbocycles. The number of anilines is 2. The SMILES string of the molecule is N[C@@H]1[C@H](Nc2cnc3scc(C(=O)Nc4ccsc4Cl)c3n2)CCCC1(F)F.O=C(O)C(F)(F)F. The van der Waals surface area contributed by atoms with E-state index in [-0.39, 0.29) is 12.3 Å². The van der Waals surface area contributed by atoms with E-state index in [1.54, 1.807) is 16.8 Å². The van der Waals surface area contributed by atoms with Crippen LogP contribution < -0.4 is 16.4 Å². The van der Waals surface area contributed by atoms with Gasteiger partial charge in [-0.25, -0.2) is 23.5 Å². The van der Waals surface area contributed by atoms with E-state index >= 15 is 0 Å². The number of aliphatic carboxylic acids is 1. The molecule has 1 amide bonds. The van der Waals surface area contributed by atoms with Crippen molar-refractivity contribution in [1.29, 1.82) is 0 Å². The predicted octanol–water partition coefficient (Wildman–Crippen LogP) is 5.22. The number of nitrogens with two attached hydrogens (primary N) is 1. The molecule has 0 aromatic carbocycles. The minimum Gasteiger partial charge on any atom is -0.475 e. The number of thiophene rings is 2. The highest BCUT2D eigenvalue weighted by Crippen LogP contribution is 2.34. The first-order valence-electron chi connectivity index (χ1n) is 9.78. The molecule has 35 heavy (non-hydrogen) atoms. The highest BCUT2D eigenvalue weighted by Gasteiger charge is 2.44. The zero-order valence-electron chi connectivity index (χ0n) is 17.4. The van der Waals surface area contributed by atoms with Gasteiger partial charge in [-0.1, -0.05) is 11.6 Å². The number of aromatic nitrogens is 2. The summed E-state index contributed by atoms with van der Waals surface area (Å²) in [7, 11) is 0. The van der Waals surface area contributed by atoms with Gasteiger partial charge in [-0.2, -0.15) is 13.2 Å². The third-order valence-corrected chi connectivity index (χ3v) is 6.96. The molecule has 1 aliphatic rings. The average Bonchev–Trinajstić information content (AvgIpc) is 3.37. The Bertz CT molecular complexity index is 1220. The molecule has 0 bridgehead atoms. The highest BCUT2D eigenvalue weighted by molar-refractivity contribution is 7.17. The van der Waals surface area contributed by atoms with E-state index < -0.39 is 30.2 Å². The molecule has 0 aliphatic heterocycles. The van der Waals surface area contributed by atoms with E-state index in [0.717, 1.165) is 0 Å². The number of nitrogens with zero attached hydrogens (tertiary/aromatic N) is 2. The van der Waals surface area contributed by atoms with Crippen LogP contribution in [0, 0.1) is 0 Å². The summed E-state index contributed by atoms with van der Waals surface area (Å²) < 4.78 is 60.0. The third kappa shape index (κ3) is 6.54. The largest absolute Gasteiger partial charge is 0.490 e. The normalized spacial score (nSPS) is 19.5. The molecule has 4 rings (SSSR count). The zero-order chi connectivity index (χ0) is 26.0. The second-order valence-electron chi connectivity index (χ2n) is 7.35. The second kappa shape index (κ2) is 10.6. The number of carbonyl (C=O) groups is 2. The van der Waals surface area contributed by atoms with Crippen molar-refractivity contribution in [2.75, 3.05) is 10.6 Å². The van der Waals surface area contributed by atoms with Crippen molar-refractivity contribution >= 4 is 68.0 Å². The number of rotatable bonds is 4. The van der Waals surface area contributed by atoms with Crippen LogP contribution in [0.5, 0.6) is 0 Å². The Hall–Kier alpha value is -2.62. The smallest absolute Gasteiger partial charge is 0.475 e. The molecule has 2 atom stereocenters. The number of carboxylic acids is 1. The lowest BCUT2D eigenvalue weighted by molar-refractivity contribution is -0.192. The van der Waals surface area contributed by atoms with E-state index in [9.17, 15) is 26.7 Å². The number of fused-ring (bicyclic) bond motifs is 1. The van der Waals surface area contributed by atoms with Crippen molar-refractivity contribution in [3.8, 4) is 0 Å². The van der Waals surface area contributed by atoms with Gasteiger partial charge in [0.2, 0.25) is 0 Å². The Balaban J connectivity index is 0.000000429. The van der Waals surface area contributed by atoms with Gasteiger partial charge in [-0.15, -0.1) is 22.7 Å². The van der Waals surface area contributed by atoms with Crippen LogP contribution in [0.25, 0.3) is 10.3 Å². The van der Waals surface area contributed by atoms with Crippen LogP contribution in [0.2, 0.25) is 4.34 Å². The van der Waals surface area contributed by atoms with Crippen molar-refractivity contribution in [2.24, 2.45) is 5.73 Å². The summed E-state index contributed by atoms with van der Waals surface area (Å²) in [6.45, 7) is 0. The molecule has 0 unspecified atom stereocenters. The molecule has 16 heteroatoms. The van der Waals surface area contributed by atoms with Crippen LogP contribution in [0.4, 0.5) is 33.5 Å². The van der Waals surface area contributed by atoms with E-state index in [1.165, 1.54) is 28.9 Å². The van der Waals surface area contributed by atoms with Crippen molar-refractivity contribution in [3.05, 3.63) is 32.9 Å². The Morgan fingerprint density at radius 2 is 1.97 bits per heavy atom. The monoisotopic (exact) mass is 557 g/mol. The van der Waals surface area contributed by atoms with Gasteiger partial charge in [0, 0.05) is 17.8 Å². The van der Waals surface area contributed by atoms with Gasteiger partial charge in [-0.05, 0) is 24.3 Å². The van der Waals surface area contributed by atoms with Gasteiger partial charge in [0.1, 0.15) is 20.5 Å². The Morgan fingerprint density at radius 3 is 2.57 bits per heavy atom. The molecule has 3 aromatic rings. The van der Waals surface area contributed by atoms with E-state index in [2.05, 4.69) is 20.6 Å². The van der Waals surface area contributed by atoms with Crippen LogP contribution in [0.15, 0.2) is 23.0 Å². The van der Waals surface area contributed by atoms with Gasteiger partial charge < -0.3 is 21.5 Å². The van der Waals surface area contributed by atoms with E-state index in [1.807, 2.05) is 0 Å². The van der Waals surface area contributed by atoms with Crippen LogP contribution in [-0.4, -0.2) is 51.1 Å². The van der Waals surface area contributed by atoms with Crippen molar-refractivity contribution in [2.45, 2.75) is 43.4 Å². The first kappa shape index (κ1) is 27.0. The molecule has 8 nitrogen and oxygen atoms in total. The molecule has 1 fully saturated rings. The summed E-state index contributed by atoms with van der Waals surface area (Å²) in [6, 6.07) is -0.205. The van der Waals surface area contributed by atoms with Gasteiger partial charge in [0.25, 0.3) is 11.8 Å². The maximum absolute atomic E-state index is 13.9. The fourth-order valence-corrected chi connectivity index (χ4v) is 4.83. The fraction of sp³-hybridized carbons (Fsp3) is 0.368. The molecule has 3 aromatic heterocycles. The number of hydrogen-bond donors (Lipinski definition) is 4. The third-order valence-electron chi connectivity index (χ3n) is 4.92. The number of amides is 1. The summed E-state index contributed by atoms with van der Waals surface area (Å²) in [5.74, 6) is -5.72. The van der Waals surface area contributed by atoms with Crippen molar-refractivity contribution in [1.82, 2.24) is 9.97 Å². The summed E-state index contributed by atoms with van der Waals surface area (Å²) in [4.78, 5) is 30.8. The predicted molar refractivity (Wildman–Crippen MR) is 123 cm³/mol. The molecule has 1 aliphatic carbocycles. The van der Waals surface area contributed by atoms with Crippen LogP contribution >= 0.6 is 34.3 Å². The van der Waals surface area contributed by atoms with E-state index in [4.69, 9.17) is 27.2 Å². The summed E-state index contributed by atoms with van der Waals surface area (Å²) in [5.41, 5.74) is 7.00. The first-order chi connectivity index (χ1) is 16.3. The fourth-order valence-electron chi connectivity index (χ4n) is 3.16. The lowest BCUT2D eigenvalue weighted by atomic mass is 9.87. The van der Waals surface area contributed by atoms with Gasteiger partial charge >= 0.3 is 12.1 Å². The topological polar surface area (TPSA) is 130 Å². The number of carboxylic acid groups (broad SMARTS) is 1. The minimum atomic E-state index is -5.08. The molecule has 0 spiro atoms. The number of alkyl halides is 5. The van der Waals surface area contributed by atoms with Crippen molar-refractivity contribution < 1.29 is 36.6 Å². The number of nitrogens with one attached hydrogen (secondary N) is 2. The first-order valence-corrected chi connectivity index (χ1v) is 11.9. The summed E-state index contributed by atoms with van der Waals surface area (Å²) in [5, 5.41) is 16.3. The molecule has 0 saturated heterocycles. The number of carbonyl (C=O) groups excluding carboxylic acids is 1. The lowest BCUT2D eigenvalue weighted by Crippen LogP contribution is -2.55. The second-order valence-corrected chi connectivity index (χ2v) is 9.73. The Morgan fingerprint density at radius 1 is 1.29 bits per heavy atom. The van der Waals surface area contributed by atoms with Crippen molar-refractivity contribution in [3.63, 3.8) is 0 Å². The van der Waals surface area contributed by atoms with Gasteiger partial charge in [0.05, 0.1) is 23.5 Å². The minimum absolute atomic E-state index is 0.211. The molecule has 190 valence electrons. The van der Waals surface area contributed by atoms with Gasteiger partial charge in [-0.3, -0.25) is 4.79 Å². The standard InChI is InChI=1S/C17H16ClF2N5OS2.C2HF3O2/c18-14-10(3-5-27-14)24-15(26)8-7-28-16-12(8)25-11(6-22-16)23-9-2-1-4-17(19,20)13(9)21;3-2(4,5)1(6)7/h3,5-7,9,13H,1-2,4,21H2,(H,23,25)(H,24,26);(H,6,7)/t9-,13-;/m1./s1. The number of halogens is 6. The summed E-state index contributed by atoms with van der Waals surface area (Å²) >= 11 is 8.62. The molecule has 5 N–H and O–H groups in total.